The molecule has 2 aromatic carbocycles. The zero-order valence-electron chi connectivity index (χ0n) is 14.8. The van der Waals surface area contributed by atoms with Gasteiger partial charge in [-0.1, -0.05) is 0 Å². The van der Waals surface area contributed by atoms with E-state index in [9.17, 15) is 9.59 Å². The van der Waals surface area contributed by atoms with Gasteiger partial charge in [0.05, 0.1) is 38.1 Å². The smallest absolute Gasteiger partial charge is 0.338 e. The lowest BCUT2D eigenvalue weighted by Gasteiger charge is -2.11. The number of aliphatic hydroxyl groups excluding tert-OH is 3. The number of carboxylic acid groups (broad SMARTS) is 1. The number of benzene rings is 2. The molecular weight excluding hydrogens is 376 g/mol. The van der Waals surface area contributed by atoms with Crippen molar-refractivity contribution in [2.45, 2.75) is 19.8 Å². The first-order valence-electron chi connectivity index (χ1n) is 7.73. The highest BCUT2D eigenvalue weighted by Gasteiger charge is 2.13. The van der Waals surface area contributed by atoms with Crippen molar-refractivity contribution in [1.82, 2.24) is 0 Å². The second-order valence-electron chi connectivity index (χ2n) is 5.41. The fraction of sp³-hybridized carbons (Fsp3) is 0.222. The maximum absolute atomic E-state index is 10.9. The van der Waals surface area contributed by atoms with E-state index in [0.717, 1.165) is 12.1 Å². The van der Waals surface area contributed by atoms with E-state index < -0.39 is 29.2 Å². The van der Waals surface area contributed by atoms with Gasteiger partial charge in [-0.2, -0.15) is 0 Å². The fourth-order valence-electron chi connectivity index (χ4n) is 2.25. The Morgan fingerprint density at radius 2 is 1.29 bits per heavy atom. The summed E-state index contributed by atoms with van der Waals surface area (Å²) in [4.78, 5) is 21.6. The number of aromatic carboxylic acids is 1. The minimum Gasteiger partial charge on any atom is -0.504 e. The van der Waals surface area contributed by atoms with Crippen LogP contribution in [-0.2, 0) is 24.6 Å². The van der Waals surface area contributed by atoms with Gasteiger partial charge in [0.15, 0.2) is 17.2 Å². The molecule has 0 saturated carbocycles. The molecule has 0 bridgehead atoms. The first-order valence-corrected chi connectivity index (χ1v) is 7.73. The van der Waals surface area contributed by atoms with Crippen LogP contribution in [0.1, 0.15) is 37.4 Å². The average Bonchev–Trinajstić information content (AvgIpc) is 2.69. The Labute approximate surface area is 159 Å². The van der Waals surface area contributed by atoms with Crippen LogP contribution in [0, 0.1) is 0 Å². The van der Waals surface area contributed by atoms with Gasteiger partial charge < -0.3 is 40.5 Å². The first kappa shape index (κ1) is 22.7. The number of aliphatic hydroxyl groups is 3. The predicted molar refractivity (Wildman–Crippen MR) is 93.9 cm³/mol. The maximum Gasteiger partial charge on any atom is 0.338 e. The maximum atomic E-state index is 10.9. The van der Waals surface area contributed by atoms with Gasteiger partial charge in [-0.15, -0.1) is 0 Å². The number of esters is 1. The predicted octanol–water partition coefficient (Wildman–Crippen LogP) is 0.452. The van der Waals surface area contributed by atoms with Crippen molar-refractivity contribution in [3.8, 4) is 17.2 Å². The average molecular weight is 396 g/mol. The highest BCUT2D eigenvalue weighted by Crippen LogP contribution is 2.35. The van der Waals surface area contributed by atoms with E-state index in [-0.39, 0.29) is 30.9 Å². The van der Waals surface area contributed by atoms with Gasteiger partial charge in [0, 0.05) is 0 Å². The summed E-state index contributed by atoms with van der Waals surface area (Å²) in [7, 11) is 1.17. The lowest BCUT2D eigenvalue weighted by atomic mass is 9.98. The van der Waals surface area contributed by atoms with Crippen molar-refractivity contribution in [2.75, 3.05) is 7.11 Å². The molecule has 2 rings (SSSR count). The second-order valence-corrected chi connectivity index (χ2v) is 5.41. The molecule has 0 radical (unpaired) electrons. The number of hydrogen-bond donors (Lipinski definition) is 7. The third kappa shape index (κ3) is 5.33. The van der Waals surface area contributed by atoms with Crippen LogP contribution in [0.3, 0.4) is 0 Å². The number of carbonyl (C=O) groups excluding carboxylic acids is 1. The SMILES string of the molecule is COC(=O)c1cc(O)c(O)c(O)c1.O=C(O)c1cc(CO)c(CO)c(CO)c1. The van der Waals surface area contributed by atoms with Crippen molar-refractivity contribution in [1.29, 1.82) is 0 Å². The van der Waals surface area contributed by atoms with Crippen molar-refractivity contribution in [3.05, 3.63) is 52.1 Å². The molecule has 152 valence electrons. The number of aromatic hydroxyl groups is 3. The van der Waals surface area contributed by atoms with Gasteiger partial charge >= 0.3 is 11.9 Å². The van der Waals surface area contributed by atoms with Gasteiger partial charge in [-0.05, 0) is 41.0 Å². The monoisotopic (exact) mass is 396 g/mol. The highest BCUT2D eigenvalue weighted by atomic mass is 16.5. The van der Waals surface area contributed by atoms with Crippen molar-refractivity contribution in [2.24, 2.45) is 0 Å². The van der Waals surface area contributed by atoms with Crippen LogP contribution >= 0.6 is 0 Å². The molecule has 0 unspecified atom stereocenters. The van der Waals surface area contributed by atoms with Crippen LogP contribution in [0.5, 0.6) is 17.2 Å². The Hall–Kier alpha value is -3.34. The van der Waals surface area contributed by atoms with Crippen LogP contribution in [0.2, 0.25) is 0 Å². The molecule has 7 N–H and O–H groups in total. The molecule has 0 saturated heterocycles. The molecule has 0 aliphatic rings. The quantitative estimate of drug-likeness (QED) is 0.276. The molecular formula is C18H20O10. The normalized spacial score (nSPS) is 10.0. The molecule has 0 aromatic heterocycles. The number of hydrogen-bond acceptors (Lipinski definition) is 9. The summed E-state index contributed by atoms with van der Waals surface area (Å²) in [6.45, 7) is -1.08. The van der Waals surface area contributed by atoms with Crippen LogP contribution in [0.15, 0.2) is 24.3 Å². The number of carboxylic acids is 1. The molecule has 0 atom stereocenters. The van der Waals surface area contributed by atoms with E-state index in [1.54, 1.807) is 0 Å². The minimum absolute atomic E-state index is 0.0136. The Bertz CT molecular complexity index is 811. The Morgan fingerprint density at radius 3 is 1.61 bits per heavy atom. The van der Waals surface area contributed by atoms with E-state index >= 15 is 0 Å². The third-order valence-corrected chi connectivity index (χ3v) is 3.67. The lowest BCUT2D eigenvalue weighted by Crippen LogP contribution is -2.06. The van der Waals surface area contributed by atoms with Crippen LogP contribution in [0.4, 0.5) is 0 Å². The second kappa shape index (κ2) is 10.1. The number of phenols is 3. The molecule has 2 aromatic rings. The number of carbonyl (C=O) groups is 2. The van der Waals surface area contributed by atoms with Gasteiger partial charge in [-0.3, -0.25) is 0 Å². The van der Waals surface area contributed by atoms with Crippen LogP contribution < -0.4 is 0 Å². The molecule has 0 spiro atoms. The van der Waals surface area contributed by atoms with Gasteiger partial charge in [0.1, 0.15) is 0 Å². The highest BCUT2D eigenvalue weighted by molar-refractivity contribution is 5.91. The molecule has 28 heavy (non-hydrogen) atoms. The molecule has 0 aliphatic carbocycles. The summed E-state index contributed by atoms with van der Waals surface area (Å²) in [6, 6.07) is 4.57. The summed E-state index contributed by atoms with van der Waals surface area (Å²) < 4.78 is 4.34. The van der Waals surface area contributed by atoms with Gasteiger partial charge in [-0.25, -0.2) is 9.59 Å². The number of methoxy groups -OCH3 is 1. The van der Waals surface area contributed by atoms with Crippen LogP contribution in [0.25, 0.3) is 0 Å². The van der Waals surface area contributed by atoms with E-state index in [1.165, 1.54) is 19.2 Å². The first-order chi connectivity index (χ1) is 13.2. The molecule has 10 nitrogen and oxygen atoms in total. The summed E-state index contributed by atoms with van der Waals surface area (Å²) in [5, 5.41) is 62.7. The zero-order chi connectivity index (χ0) is 21.4. The lowest BCUT2D eigenvalue weighted by molar-refractivity contribution is 0.0598. The number of ether oxygens (including phenoxy) is 1. The zero-order valence-corrected chi connectivity index (χ0v) is 14.8. The molecule has 0 fully saturated rings. The van der Waals surface area contributed by atoms with Crippen molar-refractivity contribution < 1.29 is 50.1 Å². The summed E-state index contributed by atoms with van der Waals surface area (Å²) >= 11 is 0. The molecule has 0 amide bonds. The molecule has 0 aliphatic heterocycles. The summed E-state index contributed by atoms with van der Waals surface area (Å²) in [5.74, 6) is -3.64. The number of rotatable bonds is 5. The van der Waals surface area contributed by atoms with Crippen molar-refractivity contribution in [3.63, 3.8) is 0 Å². The van der Waals surface area contributed by atoms with Gasteiger partial charge in [0.25, 0.3) is 0 Å². The van der Waals surface area contributed by atoms with E-state index in [1.807, 2.05) is 0 Å². The third-order valence-electron chi connectivity index (χ3n) is 3.67. The standard InChI is InChI=1S/C10H12O5.C8H8O5/c11-3-7-1-6(10(14)15)2-8(4-12)9(7)5-13;1-13-8(12)4-2-5(9)7(11)6(10)3-4/h1-2,11-13H,3-5H2,(H,14,15);2-3,9-11H,1H3. The van der Waals surface area contributed by atoms with E-state index in [0.29, 0.717) is 16.7 Å². The van der Waals surface area contributed by atoms with Crippen molar-refractivity contribution >= 4 is 11.9 Å². The van der Waals surface area contributed by atoms with E-state index in [2.05, 4.69) is 4.74 Å². The van der Waals surface area contributed by atoms with Crippen LogP contribution in [-0.4, -0.2) is 54.8 Å². The van der Waals surface area contributed by atoms with Gasteiger partial charge in [0.2, 0.25) is 0 Å². The molecule has 10 heteroatoms. The van der Waals surface area contributed by atoms with E-state index in [4.69, 9.17) is 35.7 Å². The summed E-state index contributed by atoms with van der Waals surface area (Å²) in [5.41, 5.74) is 0.975. The Kier molecular flexibility index (Phi) is 8.20. The molecule has 0 heterocycles. The largest absolute Gasteiger partial charge is 0.504 e. The fourth-order valence-corrected chi connectivity index (χ4v) is 2.25. The number of phenolic OH excluding ortho intramolecular Hbond substituents is 3. The Balaban J connectivity index is 0.000000283. The Morgan fingerprint density at radius 1 is 0.821 bits per heavy atom. The summed E-state index contributed by atoms with van der Waals surface area (Å²) in [6.07, 6.45) is 0. The minimum atomic E-state index is -1.14. The topological polar surface area (TPSA) is 185 Å².